The highest BCUT2D eigenvalue weighted by Gasteiger charge is 2.26. The molecule has 0 bridgehead atoms. The summed E-state index contributed by atoms with van der Waals surface area (Å²) in [6.07, 6.45) is 0. The number of aromatic nitrogens is 1. The quantitative estimate of drug-likeness (QED) is 0.521. The van der Waals surface area contributed by atoms with Crippen molar-refractivity contribution in [2.75, 3.05) is 0 Å². The summed E-state index contributed by atoms with van der Waals surface area (Å²) >= 11 is 19.4. The van der Waals surface area contributed by atoms with Crippen molar-refractivity contribution in [2.24, 2.45) is 0 Å². The number of carboxylic acids is 1. The summed E-state index contributed by atoms with van der Waals surface area (Å²) in [5.41, 5.74) is 0.962. The Kier molecular flexibility index (Phi) is 5.68. The van der Waals surface area contributed by atoms with Crippen LogP contribution >= 0.6 is 46.1 Å². The Morgan fingerprint density at radius 2 is 1.85 bits per heavy atom. The predicted molar refractivity (Wildman–Crippen MR) is 112 cm³/mol. The first kappa shape index (κ1) is 20.0. The molecule has 0 unspecified atom stereocenters. The van der Waals surface area contributed by atoms with E-state index in [0.29, 0.717) is 43.3 Å². The zero-order valence-electron chi connectivity index (χ0n) is 14.3. The van der Waals surface area contributed by atoms with Crippen molar-refractivity contribution < 1.29 is 9.90 Å². The van der Waals surface area contributed by atoms with Gasteiger partial charge in [0, 0.05) is 22.7 Å². The van der Waals surface area contributed by atoms with E-state index < -0.39 is 11.4 Å². The number of carbonyl (C=O) groups is 1. The third-order valence-electron chi connectivity index (χ3n) is 4.27. The van der Waals surface area contributed by atoms with Crippen LogP contribution in [0.25, 0.3) is 21.7 Å². The molecule has 0 atom stereocenters. The van der Waals surface area contributed by atoms with Crippen molar-refractivity contribution in [1.29, 1.82) is 0 Å². The molecule has 27 heavy (non-hydrogen) atoms. The second-order valence-corrected chi connectivity index (χ2v) is 8.32. The first-order valence-corrected chi connectivity index (χ1v) is 9.93. The molecule has 2 aromatic heterocycles. The highest BCUT2D eigenvalue weighted by Crippen LogP contribution is 2.35. The summed E-state index contributed by atoms with van der Waals surface area (Å²) in [4.78, 5) is 25.8. The molecule has 140 valence electrons. The smallest absolute Gasteiger partial charge is 0.341 e. The van der Waals surface area contributed by atoms with Crippen LogP contribution in [0.1, 0.15) is 23.0 Å². The fourth-order valence-corrected chi connectivity index (χ4v) is 4.55. The Morgan fingerprint density at radius 3 is 2.37 bits per heavy atom. The highest BCUT2D eigenvalue weighted by molar-refractivity contribution is 7.19. The molecule has 0 fully saturated rings. The van der Waals surface area contributed by atoms with E-state index in [4.69, 9.17) is 34.8 Å². The number of nitrogens with zero attached hydrogens (tertiary/aromatic N) is 1. The van der Waals surface area contributed by atoms with Crippen LogP contribution < -0.4 is 5.43 Å². The minimum absolute atomic E-state index is 0.285. The largest absolute Gasteiger partial charge is 0.477 e. The molecule has 0 radical (unpaired) electrons. The first-order valence-electron chi connectivity index (χ1n) is 7.98. The molecule has 2 heterocycles. The van der Waals surface area contributed by atoms with Gasteiger partial charge in [0.1, 0.15) is 5.56 Å². The molecule has 4 nitrogen and oxygen atoms in total. The Morgan fingerprint density at radius 1 is 1.15 bits per heavy atom. The number of hydrogen-bond donors (Lipinski definition) is 1. The number of halogens is 3. The lowest BCUT2D eigenvalue weighted by atomic mass is 9.99. The molecule has 3 rings (SSSR count). The van der Waals surface area contributed by atoms with Crippen molar-refractivity contribution in [1.82, 2.24) is 4.57 Å². The topological polar surface area (TPSA) is 59.3 Å². The van der Waals surface area contributed by atoms with Crippen molar-refractivity contribution >= 4 is 52.1 Å². The minimum atomic E-state index is -1.30. The van der Waals surface area contributed by atoms with E-state index in [9.17, 15) is 14.7 Å². The molecule has 0 saturated carbocycles. The van der Waals surface area contributed by atoms with E-state index in [1.165, 1.54) is 11.3 Å². The monoisotopic (exact) mass is 441 g/mol. The number of aromatic carboxylic acids is 1. The van der Waals surface area contributed by atoms with Crippen molar-refractivity contribution in [3.63, 3.8) is 0 Å². The number of thiophene rings is 1. The minimum Gasteiger partial charge on any atom is -0.477 e. The van der Waals surface area contributed by atoms with Crippen molar-refractivity contribution in [3.8, 4) is 21.7 Å². The second-order valence-electron chi connectivity index (χ2n) is 5.80. The zero-order valence-corrected chi connectivity index (χ0v) is 17.4. The Balaban J connectivity index is 2.45. The normalized spacial score (nSPS) is 11.0. The van der Waals surface area contributed by atoms with Crippen LogP contribution in [0.2, 0.25) is 14.4 Å². The van der Waals surface area contributed by atoms with Gasteiger partial charge in [0.2, 0.25) is 5.43 Å². The van der Waals surface area contributed by atoms with Crippen LogP contribution in [0.4, 0.5) is 0 Å². The summed E-state index contributed by atoms with van der Waals surface area (Å²) in [6.45, 7) is 4.14. The lowest BCUT2D eigenvalue weighted by Gasteiger charge is -2.20. The SMILES string of the molecule is CCn1c(C)c(-c2ccc(Cl)s2)c(=O)c(C(=O)O)c1-c1ccc(Cl)c(Cl)c1. The number of pyridine rings is 1. The molecular weight excluding hydrogens is 429 g/mol. The van der Waals surface area contributed by atoms with E-state index in [2.05, 4.69) is 0 Å². The Labute approximate surface area is 174 Å². The molecule has 0 aliphatic carbocycles. The summed E-state index contributed by atoms with van der Waals surface area (Å²) in [5, 5.41) is 10.5. The standard InChI is InChI=1S/C19H14Cl3NO3S/c1-3-23-9(2)15(13-6-7-14(22)27-13)18(24)16(19(25)26)17(23)10-4-5-11(20)12(21)8-10/h4-8H,3H2,1-2H3,(H,25,26). The van der Waals surface area contributed by atoms with Gasteiger partial charge in [0.25, 0.3) is 0 Å². The lowest BCUT2D eigenvalue weighted by Crippen LogP contribution is -2.25. The maximum atomic E-state index is 13.2. The second kappa shape index (κ2) is 7.68. The van der Waals surface area contributed by atoms with Gasteiger partial charge in [-0.25, -0.2) is 4.79 Å². The molecule has 8 heteroatoms. The average Bonchev–Trinajstić information content (AvgIpc) is 3.02. The number of benzene rings is 1. The van der Waals surface area contributed by atoms with Gasteiger partial charge >= 0.3 is 5.97 Å². The van der Waals surface area contributed by atoms with Crippen LogP contribution in [-0.4, -0.2) is 15.6 Å². The van der Waals surface area contributed by atoms with Gasteiger partial charge in [-0.05, 0) is 38.1 Å². The molecule has 1 aromatic carbocycles. The summed E-state index contributed by atoms with van der Waals surface area (Å²) in [6, 6.07) is 8.21. The van der Waals surface area contributed by atoms with E-state index >= 15 is 0 Å². The predicted octanol–water partition coefficient (Wildman–Crippen LogP) is 6.23. The van der Waals surface area contributed by atoms with Crippen LogP contribution in [0, 0.1) is 6.92 Å². The van der Waals surface area contributed by atoms with E-state index in [1.807, 2.05) is 6.92 Å². The molecule has 0 aliphatic heterocycles. The van der Waals surface area contributed by atoms with Crippen molar-refractivity contribution in [2.45, 2.75) is 20.4 Å². The van der Waals surface area contributed by atoms with Gasteiger partial charge < -0.3 is 9.67 Å². The molecular formula is C19H14Cl3NO3S. The van der Waals surface area contributed by atoms with Gasteiger partial charge in [-0.1, -0.05) is 40.9 Å². The average molecular weight is 443 g/mol. The Hall–Kier alpha value is -1.79. The molecule has 0 spiro atoms. The van der Waals surface area contributed by atoms with Gasteiger partial charge in [0.05, 0.1) is 25.6 Å². The highest BCUT2D eigenvalue weighted by atomic mass is 35.5. The van der Waals surface area contributed by atoms with Gasteiger partial charge in [-0.3, -0.25) is 4.79 Å². The molecule has 0 saturated heterocycles. The molecule has 3 aromatic rings. The van der Waals surface area contributed by atoms with Crippen LogP contribution in [0.3, 0.4) is 0 Å². The third-order valence-corrected chi connectivity index (χ3v) is 6.26. The maximum Gasteiger partial charge on any atom is 0.341 e. The van der Waals surface area contributed by atoms with Crippen LogP contribution in [0.15, 0.2) is 35.1 Å². The molecule has 0 amide bonds. The van der Waals surface area contributed by atoms with Crippen molar-refractivity contribution in [3.05, 3.63) is 66.2 Å². The van der Waals surface area contributed by atoms with Gasteiger partial charge in [-0.15, -0.1) is 11.3 Å². The van der Waals surface area contributed by atoms with Crippen LogP contribution in [0.5, 0.6) is 0 Å². The maximum absolute atomic E-state index is 13.2. The van der Waals surface area contributed by atoms with Gasteiger partial charge in [-0.2, -0.15) is 0 Å². The van der Waals surface area contributed by atoms with Gasteiger partial charge in [0.15, 0.2) is 0 Å². The first-order chi connectivity index (χ1) is 12.8. The third kappa shape index (κ3) is 3.52. The van der Waals surface area contributed by atoms with E-state index in [-0.39, 0.29) is 10.6 Å². The fraction of sp³-hybridized carbons (Fsp3) is 0.158. The molecule has 0 aliphatic rings. The summed E-state index contributed by atoms with van der Waals surface area (Å²) in [5.74, 6) is -1.30. The number of rotatable bonds is 4. The lowest BCUT2D eigenvalue weighted by molar-refractivity contribution is 0.0695. The summed E-state index contributed by atoms with van der Waals surface area (Å²) in [7, 11) is 0. The summed E-state index contributed by atoms with van der Waals surface area (Å²) < 4.78 is 2.32. The molecule has 1 N–H and O–H groups in total. The van der Waals surface area contributed by atoms with E-state index in [1.54, 1.807) is 41.8 Å². The number of hydrogen-bond acceptors (Lipinski definition) is 3. The fourth-order valence-electron chi connectivity index (χ4n) is 3.11. The number of carboxylic acid groups (broad SMARTS) is 1. The van der Waals surface area contributed by atoms with E-state index in [0.717, 1.165) is 0 Å². The Bertz CT molecular complexity index is 1120. The van der Waals surface area contributed by atoms with Crippen LogP contribution in [-0.2, 0) is 6.54 Å². The zero-order chi connectivity index (χ0) is 19.9.